The van der Waals surface area contributed by atoms with Crippen LogP contribution in [0.1, 0.15) is 37.7 Å². The summed E-state index contributed by atoms with van der Waals surface area (Å²) in [7, 11) is 0. The van der Waals surface area contributed by atoms with E-state index in [1.54, 1.807) is 12.1 Å². The van der Waals surface area contributed by atoms with E-state index in [2.05, 4.69) is 9.97 Å². The van der Waals surface area contributed by atoms with E-state index < -0.39 is 11.8 Å². The van der Waals surface area contributed by atoms with Crippen LogP contribution in [0.2, 0.25) is 0 Å². The predicted octanol–water partition coefficient (Wildman–Crippen LogP) is 1.96. The van der Waals surface area contributed by atoms with E-state index in [9.17, 15) is 9.59 Å². The summed E-state index contributed by atoms with van der Waals surface area (Å²) in [6.07, 6.45) is 1.21. The molecule has 0 aliphatic heterocycles. The number of H-pyrrole nitrogens is 1. The second-order valence-corrected chi connectivity index (χ2v) is 4.06. The van der Waals surface area contributed by atoms with Crippen LogP contribution in [0.15, 0.2) is 24.5 Å². The van der Waals surface area contributed by atoms with Crippen molar-refractivity contribution in [2.75, 3.05) is 0 Å². The summed E-state index contributed by atoms with van der Waals surface area (Å²) < 4.78 is 0. The number of benzene rings is 1. The molecule has 92 valence electrons. The van der Waals surface area contributed by atoms with Gasteiger partial charge in [-0.15, -0.1) is 0 Å². The van der Waals surface area contributed by atoms with Gasteiger partial charge >= 0.3 is 5.97 Å². The largest absolute Gasteiger partial charge is 0.477 e. The molecular formula is C13H12N2O3. The van der Waals surface area contributed by atoms with E-state index in [1.165, 1.54) is 6.33 Å². The van der Waals surface area contributed by atoms with Crippen LogP contribution in [0.4, 0.5) is 0 Å². The zero-order valence-electron chi connectivity index (χ0n) is 10.0. The molecule has 0 radical (unpaired) electrons. The summed E-state index contributed by atoms with van der Waals surface area (Å²) in [4.78, 5) is 29.3. The Bertz CT molecular complexity index is 629. The van der Waals surface area contributed by atoms with Gasteiger partial charge in [0.05, 0.1) is 6.33 Å². The molecule has 0 atom stereocenters. The lowest BCUT2D eigenvalue weighted by Crippen LogP contribution is -2.09. The lowest BCUT2D eigenvalue weighted by Gasteiger charge is -2.03. The highest BCUT2D eigenvalue weighted by molar-refractivity contribution is 6.12. The van der Waals surface area contributed by atoms with Gasteiger partial charge in [0.15, 0.2) is 5.69 Å². The van der Waals surface area contributed by atoms with Crippen molar-refractivity contribution in [2.24, 2.45) is 0 Å². The predicted molar refractivity (Wildman–Crippen MR) is 64.9 cm³/mol. The molecule has 0 saturated heterocycles. The summed E-state index contributed by atoms with van der Waals surface area (Å²) >= 11 is 0. The minimum Gasteiger partial charge on any atom is -0.477 e. The van der Waals surface area contributed by atoms with Gasteiger partial charge in [0.25, 0.3) is 0 Å². The standard InChI is InChI=1S/C13H12N2O3/c1-7-3-4-9(5-8(7)2)12(16)10-11(13(17)18)15-6-14-10/h3-6H,1-2H3,(H,14,15)(H,17,18). The zero-order valence-corrected chi connectivity index (χ0v) is 10.0. The van der Waals surface area contributed by atoms with Crippen molar-refractivity contribution in [3.8, 4) is 0 Å². The smallest absolute Gasteiger partial charge is 0.354 e. The summed E-state index contributed by atoms with van der Waals surface area (Å²) in [5, 5.41) is 8.93. The van der Waals surface area contributed by atoms with Gasteiger partial charge in [0.2, 0.25) is 5.78 Å². The van der Waals surface area contributed by atoms with Crippen LogP contribution >= 0.6 is 0 Å². The number of aryl methyl sites for hydroxylation is 2. The van der Waals surface area contributed by atoms with Gasteiger partial charge in [-0.05, 0) is 31.0 Å². The Hall–Kier alpha value is -2.43. The first-order chi connectivity index (χ1) is 8.50. The van der Waals surface area contributed by atoms with Crippen molar-refractivity contribution >= 4 is 11.8 Å². The molecule has 0 spiro atoms. The highest BCUT2D eigenvalue weighted by Gasteiger charge is 2.21. The Morgan fingerprint density at radius 2 is 1.94 bits per heavy atom. The lowest BCUT2D eigenvalue weighted by molar-refractivity contribution is 0.0687. The van der Waals surface area contributed by atoms with Gasteiger partial charge in [0, 0.05) is 5.56 Å². The normalized spacial score (nSPS) is 10.3. The molecule has 0 aliphatic carbocycles. The fraction of sp³-hybridized carbons (Fsp3) is 0.154. The first-order valence-electron chi connectivity index (χ1n) is 5.39. The molecule has 0 aliphatic rings. The van der Waals surface area contributed by atoms with E-state index in [0.29, 0.717) is 5.56 Å². The van der Waals surface area contributed by atoms with Crippen molar-refractivity contribution in [1.82, 2.24) is 9.97 Å². The van der Waals surface area contributed by atoms with Gasteiger partial charge in [-0.3, -0.25) is 4.79 Å². The highest BCUT2D eigenvalue weighted by atomic mass is 16.4. The second-order valence-electron chi connectivity index (χ2n) is 4.06. The highest BCUT2D eigenvalue weighted by Crippen LogP contribution is 2.15. The van der Waals surface area contributed by atoms with Gasteiger partial charge < -0.3 is 10.1 Å². The maximum Gasteiger partial charge on any atom is 0.354 e. The number of ketones is 1. The number of carbonyl (C=O) groups excluding carboxylic acids is 1. The van der Waals surface area contributed by atoms with Crippen molar-refractivity contribution < 1.29 is 14.7 Å². The SMILES string of the molecule is Cc1ccc(C(=O)c2nc[nH]c2C(=O)O)cc1C. The van der Waals surface area contributed by atoms with E-state index in [-0.39, 0.29) is 11.4 Å². The molecule has 2 N–H and O–H groups in total. The van der Waals surface area contributed by atoms with E-state index in [1.807, 2.05) is 19.9 Å². The lowest BCUT2D eigenvalue weighted by atomic mass is 10.0. The molecule has 18 heavy (non-hydrogen) atoms. The van der Waals surface area contributed by atoms with Gasteiger partial charge in [-0.25, -0.2) is 9.78 Å². The third-order valence-corrected chi connectivity index (χ3v) is 2.84. The fourth-order valence-electron chi connectivity index (χ4n) is 1.65. The van der Waals surface area contributed by atoms with Crippen LogP contribution in [0.25, 0.3) is 0 Å². The van der Waals surface area contributed by atoms with Crippen molar-refractivity contribution in [3.05, 3.63) is 52.6 Å². The number of carboxylic acid groups (broad SMARTS) is 1. The molecule has 2 aromatic rings. The van der Waals surface area contributed by atoms with Crippen molar-refractivity contribution in [1.29, 1.82) is 0 Å². The Morgan fingerprint density at radius 3 is 2.56 bits per heavy atom. The number of imidazole rings is 1. The van der Waals surface area contributed by atoms with Crippen molar-refractivity contribution in [2.45, 2.75) is 13.8 Å². The van der Waals surface area contributed by atoms with Crippen LogP contribution < -0.4 is 0 Å². The Balaban J connectivity index is 2.45. The van der Waals surface area contributed by atoms with E-state index in [4.69, 9.17) is 5.11 Å². The quantitative estimate of drug-likeness (QED) is 0.808. The Morgan fingerprint density at radius 1 is 1.22 bits per heavy atom. The maximum absolute atomic E-state index is 12.2. The number of nitrogens with one attached hydrogen (secondary N) is 1. The topological polar surface area (TPSA) is 83.0 Å². The molecule has 0 amide bonds. The molecule has 1 heterocycles. The number of carboxylic acids is 1. The molecule has 0 saturated carbocycles. The second kappa shape index (κ2) is 4.44. The van der Waals surface area contributed by atoms with Gasteiger partial charge in [-0.2, -0.15) is 0 Å². The molecule has 0 unspecified atom stereocenters. The minimum atomic E-state index is -1.19. The molecule has 0 fully saturated rings. The number of nitrogens with zero attached hydrogens (tertiary/aromatic N) is 1. The molecule has 2 rings (SSSR count). The molecule has 5 nitrogen and oxygen atoms in total. The summed E-state index contributed by atoms with van der Waals surface area (Å²) in [5.74, 6) is -1.59. The maximum atomic E-state index is 12.2. The van der Waals surface area contributed by atoms with Crippen LogP contribution in [0.5, 0.6) is 0 Å². The molecule has 5 heteroatoms. The number of aromatic amines is 1. The number of hydrogen-bond donors (Lipinski definition) is 2. The van der Waals surface area contributed by atoms with Crippen LogP contribution in [0, 0.1) is 13.8 Å². The zero-order chi connectivity index (χ0) is 13.3. The number of aromatic carboxylic acids is 1. The first-order valence-corrected chi connectivity index (χ1v) is 5.39. The average molecular weight is 244 g/mol. The fourth-order valence-corrected chi connectivity index (χ4v) is 1.65. The molecule has 0 bridgehead atoms. The minimum absolute atomic E-state index is 0.0641. The Kier molecular flexibility index (Phi) is 2.97. The molecule has 1 aromatic carbocycles. The first kappa shape index (κ1) is 12.0. The van der Waals surface area contributed by atoms with E-state index >= 15 is 0 Å². The third-order valence-electron chi connectivity index (χ3n) is 2.84. The average Bonchev–Trinajstić information content (AvgIpc) is 2.81. The van der Waals surface area contributed by atoms with Crippen molar-refractivity contribution in [3.63, 3.8) is 0 Å². The summed E-state index contributed by atoms with van der Waals surface area (Å²) in [6.45, 7) is 3.84. The van der Waals surface area contributed by atoms with Crippen LogP contribution in [-0.2, 0) is 0 Å². The monoisotopic (exact) mass is 244 g/mol. The molecule has 1 aromatic heterocycles. The number of carbonyl (C=O) groups is 2. The number of rotatable bonds is 3. The van der Waals surface area contributed by atoms with Crippen LogP contribution in [0.3, 0.4) is 0 Å². The Labute approximate surface area is 103 Å². The summed E-state index contributed by atoms with van der Waals surface area (Å²) in [6, 6.07) is 5.23. The summed E-state index contributed by atoms with van der Waals surface area (Å²) in [5.41, 5.74) is 2.25. The number of aromatic nitrogens is 2. The van der Waals surface area contributed by atoms with Gasteiger partial charge in [-0.1, -0.05) is 12.1 Å². The molecular weight excluding hydrogens is 232 g/mol. The van der Waals surface area contributed by atoms with Crippen LogP contribution in [-0.4, -0.2) is 26.8 Å². The third kappa shape index (κ3) is 2.02. The van der Waals surface area contributed by atoms with Gasteiger partial charge in [0.1, 0.15) is 5.69 Å². The van der Waals surface area contributed by atoms with E-state index in [0.717, 1.165) is 11.1 Å². The number of hydrogen-bond acceptors (Lipinski definition) is 3.